The molecular weight excluding hydrogens is 270 g/mol. The highest BCUT2D eigenvalue weighted by Crippen LogP contribution is 2.35. The summed E-state index contributed by atoms with van der Waals surface area (Å²) >= 11 is 8.74. The second-order valence-electron chi connectivity index (χ2n) is 4.31. The van der Waals surface area contributed by atoms with Gasteiger partial charge in [-0.2, -0.15) is 11.8 Å². The van der Waals surface area contributed by atoms with Crippen LogP contribution in [-0.2, 0) is 6.54 Å². The molecule has 6 heteroatoms. The molecule has 94 valence electrons. The summed E-state index contributed by atoms with van der Waals surface area (Å²) in [6, 6.07) is 0. The largest absolute Gasteiger partial charge is 0.392 e. The third-order valence-corrected chi connectivity index (χ3v) is 6.06. The Bertz CT molecular complexity index is 369. The van der Waals surface area contributed by atoms with Crippen LogP contribution in [0.25, 0.3) is 0 Å². The van der Waals surface area contributed by atoms with Gasteiger partial charge in [-0.3, -0.25) is 9.88 Å². The Morgan fingerprint density at radius 1 is 1.65 bits per heavy atom. The van der Waals surface area contributed by atoms with E-state index in [9.17, 15) is 0 Å². The predicted molar refractivity (Wildman–Crippen MR) is 79.7 cm³/mol. The summed E-state index contributed by atoms with van der Waals surface area (Å²) in [5.41, 5.74) is 7.77. The first-order valence-corrected chi connectivity index (χ1v) is 8.12. The van der Waals surface area contributed by atoms with E-state index in [1.807, 2.05) is 23.5 Å². The predicted octanol–water partition coefficient (Wildman–Crippen LogP) is 2.13. The van der Waals surface area contributed by atoms with Crippen molar-refractivity contribution in [3.8, 4) is 0 Å². The minimum Gasteiger partial charge on any atom is -0.392 e. The zero-order valence-corrected chi connectivity index (χ0v) is 12.3. The Hall–Kier alpha value is -0.170. The molecule has 0 radical (unpaired) electrons. The van der Waals surface area contributed by atoms with E-state index in [0.29, 0.717) is 4.99 Å². The molecule has 1 fully saturated rings. The molecule has 2 rings (SSSR count). The van der Waals surface area contributed by atoms with Crippen molar-refractivity contribution in [3.05, 3.63) is 16.6 Å². The lowest BCUT2D eigenvalue weighted by Gasteiger charge is -2.39. The third kappa shape index (κ3) is 2.99. The Morgan fingerprint density at radius 3 is 2.82 bits per heavy atom. The fourth-order valence-corrected chi connectivity index (χ4v) is 4.05. The van der Waals surface area contributed by atoms with E-state index in [1.54, 1.807) is 11.3 Å². The molecule has 0 saturated carbocycles. The van der Waals surface area contributed by atoms with Crippen molar-refractivity contribution in [3.63, 3.8) is 0 Å². The van der Waals surface area contributed by atoms with E-state index in [4.69, 9.17) is 18.0 Å². The average Bonchev–Trinajstić information content (AvgIpc) is 2.83. The van der Waals surface area contributed by atoms with Gasteiger partial charge < -0.3 is 5.73 Å². The minimum atomic E-state index is 0.0273. The highest BCUT2D eigenvalue weighted by atomic mass is 32.2. The van der Waals surface area contributed by atoms with Crippen molar-refractivity contribution in [2.24, 2.45) is 5.73 Å². The normalized spacial score (nSPS) is 20.3. The van der Waals surface area contributed by atoms with E-state index in [1.165, 1.54) is 4.88 Å². The maximum Gasteiger partial charge on any atom is 0.0891 e. The highest BCUT2D eigenvalue weighted by Gasteiger charge is 2.36. The van der Waals surface area contributed by atoms with Crippen LogP contribution in [0.5, 0.6) is 0 Å². The third-order valence-electron chi connectivity index (χ3n) is 3.37. The Labute approximate surface area is 116 Å². The van der Waals surface area contributed by atoms with Gasteiger partial charge in [0.15, 0.2) is 0 Å². The van der Waals surface area contributed by atoms with Crippen LogP contribution in [0.3, 0.4) is 0 Å². The number of thiazole rings is 1. The maximum atomic E-state index is 5.88. The molecule has 0 spiro atoms. The summed E-state index contributed by atoms with van der Waals surface area (Å²) in [5.74, 6) is 0. The van der Waals surface area contributed by atoms with Gasteiger partial charge in [-0.1, -0.05) is 12.2 Å². The van der Waals surface area contributed by atoms with Gasteiger partial charge in [-0.25, -0.2) is 0 Å². The molecule has 1 aliphatic rings. The Balaban J connectivity index is 1.91. The molecule has 17 heavy (non-hydrogen) atoms. The summed E-state index contributed by atoms with van der Waals surface area (Å²) in [4.78, 5) is 8.57. The molecule has 1 aliphatic heterocycles. The fourth-order valence-electron chi connectivity index (χ4n) is 2.16. The molecule has 2 N–H and O–H groups in total. The molecule has 0 aromatic carbocycles. The van der Waals surface area contributed by atoms with Gasteiger partial charge in [0.25, 0.3) is 0 Å². The summed E-state index contributed by atoms with van der Waals surface area (Å²) in [7, 11) is 0. The van der Waals surface area contributed by atoms with E-state index < -0.39 is 0 Å². The zero-order valence-electron chi connectivity index (χ0n) is 9.89. The number of rotatable bonds is 4. The molecule has 1 aromatic rings. The SMILES string of the molecule is CSC1(C(N)=S)CCN(Cc2cncs2)CC1. The summed E-state index contributed by atoms with van der Waals surface area (Å²) < 4.78 is 0.0273. The van der Waals surface area contributed by atoms with Crippen molar-refractivity contribution in [1.82, 2.24) is 9.88 Å². The van der Waals surface area contributed by atoms with Gasteiger partial charge in [-0.05, 0) is 19.1 Å². The number of thioether (sulfide) groups is 1. The molecule has 2 heterocycles. The number of nitrogens with zero attached hydrogens (tertiary/aromatic N) is 2. The number of hydrogen-bond acceptors (Lipinski definition) is 5. The molecule has 0 unspecified atom stereocenters. The summed E-state index contributed by atoms with van der Waals surface area (Å²) in [6.07, 6.45) is 6.18. The lowest BCUT2D eigenvalue weighted by atomic mass is 9.95. The minimum absolute atomic E-state index is 0.0273. The maximum absolute atomic E-state index is 5.88. The van der Waals surface area contributed by atoms with Crippen LogP contribution in [0.1, 0.15) is 17.7 Å². The van der Waals surface area contributed by atoms with Crippen LogP contribution in [0, 0.1) is 0 Å². The monoisotopic (exact) mass is 287 g/mol. The molecule has 1 aromatic heterocycles. The summed E-state index contributed by atoms with van der Waals surface area (Å²) in [6.45, 7) is 3.14. The quantitative estimate of drug-likeness (QED) is 0.859. The first-order chi connectivity index (χ1) is 8.16. The second kappa shape index (κ2) is 5.65. The van der Waals surface area contributed by atoms with Crippen LogP contribution < -0.4 is 5.73 Å². The Kier molecular flexibility index (Phi) is 4.41. The van der Waals surface area contributed by atoms with Crippen molar-refractivity contribution in [2.75, 3.05) is 19.3 Å². The smallest absolute Gasteiger partial charge is 0.0891 e. The number of piperidine rings is 1. The van der Waals surface area contributed by atoms with Crippen LogP contribution in [-0.4, -0.2) is 39.0 Å². The van der Waals surface area contributed by atoms with Crippen molar-refractivity contribution < 1.29 is 0 Å². The molecular formula is C11H17N3S3. The number of aromatic nitrogens is 1. The van der Waals surface area contributed by atoms with E-state index in [-0.39, 0.29) is 4.75 Å². The molecule has 1 saturated heterocycles. The van der Waals surface area contributed by atoms with Crippen molar-refractivity contribution in [1.29, 1.82) is 0 Å². The average molecular weight is 287 g/mol. The molecule has 0 amide bonds. The van der Waals surface area contributed by atoms with E-state index >= 15 is 0 Å². The lowest BCUT2D eigenvalue weighted by Crippen LogP contribution is -2.48. The second-order valence-corrected chi connectivity index (χ2v) is 6.91. The lowest BCUT2D eigenvalue weighted by molar-refractivity contribution is 0.214. The fraction of sp³-hybridized carbons (Fsp3) is 0.636. The van der Waals surface area contributed by atoms with Gasteiger partial charge in [-0.15, -0.1) is 11.3 Å². The van der Waals surface area contributed by atoms with Crippen LogP contribution in [0.2, 0.25) is 0 Å². The number of likely N-dealkylation sites (tertiary alicyclic amines) is 1. The van der Waals surface area contributed by atoms with Crippen molar-refractivity contribution in [2.45, 2.75) is 24.1 Å². The van der Waals surface area contributed by atoms with Gasteiger partial charge >= 0.3 is 0 Å². The van der Waals surface area contributed by atoms with Crippen LogP contribution >= 0.6 is 35.3 Å². The van der Waals surface area contributed by atoms with E-state index in [2.05, 4.69) is 16.1 Å². The van der Waals surface area contributed by atoms with Crippen molar-refractivity contribution >= 4 is 40.3 Å². The first kappa shape index (κ1) is 13.3. The van der Waals surface area contributed by atoms with Gasteiger partial charge in [0, 0.05) is 30.7 Å². The zero-order chi connectivity index (χ0) is 12.3. The van der Waals surface area contributed by atoms with E-state index in [0.717, 1.165) is 32.5 Å². The standard InChI is InChI=1S/C11H17N3S3/c1-16-11(10(12)15)2-4-14(5-3-11)7-9-6-13-8-17-9/h6,8H,2-5,7H2,1H3,(H2,12,15). The number of hydrogen-bond donors (Lipinski definition) is 1. The molecule has 3 nitrogen and oxygen atoms in total. The molecule has 0 aliphatic carbocycles. The summed E-state index contributed by atoms with van der Waals surface area (Å²) in [5, 5.41) is 0. The van der Waals surface area contributed by atoms with Crippen LogP contribution in [0.15, 0.2) is 11.7 Å². The number of nitrogens with two attached hydrogens (primary N) is 1. The number of thiocarbonyl (C=S) groups is 1. The molecule has 0 bridgehead atoms. The highest BCUT2D eigenvalue weighted by molar-refractivity contribution is 8.02. The molecule has 0 atom stereocenters. The van der Waals surface area contributed by atoms with Gasteiger partial charge in [0.1, 0.15) is 0 Å². The Morgan fingerprint density at radius 2 is 2.35 bits per heavy atom. The topological polar surface area (TPSA) is 42.1 Å². The first-order valence-electron chi connectivity index (χ1n) is 5.61. The van der Waals surface area contributed by atoms with Gasteiger partial charge in [0.2, 0.25) is 0 Å². The van der Waals surface area contributed by atoms with Gasteiger partial charge in [0.05, 0.1) is 15.2 Å². The van der Waals surface area contributed by atoms with Crippen LogP contribution in [0.4, 0.5) is 0 Å².